The fourth-order valence-electron chi connectivity index (χ4n) is 4.38. The zero-order valence-corrected chi connectivity index (χ0v) is 14.5. The molecule has 1 heterocycles. The molecular weight excluding hydrogens is 284 g/mol. The zero-order valence-electron chi connectivity index (χ0n) is 14.5. The highest BCUT2D eigenvalue weighted by molar-refractivity contribution is 5.82. The van der Waals surface area contributed by atoms with Crippen molar-refractivity contribution in [3.63, 3.8) is 0 Å². The molecule has 1 aromatic rings. The lowest BCUT2D eigenvalue weighted by Crippen LogP contribution is -2.42. The molecule has 1 aliphatic heterocycles. The van der Waals surface area contributed by atoms with Crippen LogP contribution in [0.4, 0.5) is 0 Å². The second-order valence-electron chi connectivity index (χ2n) is 7.44. The summed E-state index contributed by atoms with van der Waals surface area (Å²) in [4.78, 5) is 12.7. The quantitative estimate of drug-likeness (QED) is 0.846. The van der Waals surface area contributed by atoms with Gasteiger partial charge in [-0.3, -0.25) is 4.79 Å². The van der Waals surface area contributed by atoms with Gasteiger partial charge in [0, 0.05) is 17.9 Å². The highest BCUT2D eigenvalue weighted by Crippen LogP contribution is 2.58. The van der Waals surface area contributed by atoms with Crippen LogP contribution in [0.3, 0.4) is 0 Å². The third-order valence-electron chi connectivity index (χ3n) is 6.45. The molecule has 2 N–H and O–H groups in total. The normalized spacial score (nSPS) is 22.8. The topological polar surface area (TPSA) is 41.1 Å². The van der Waals surface area contributed by atoms with Crippen molar-refractivity contribution in [3.8, 4) is 0 Å². The van der Waals surface area contributed by atoms with E-state index in [-0.39, 0.29) is 17.2 Å². The second-order valence-corrected chi connectivity index (χ2v) is 7.44. The molecule has 1 spiro atoms. The molecule has 1 unspecified atom stereocenters. The first-order chi connectivity index (χ1) is 11.2. The molecule has 2 fully saturated rings. The maximum Gasteiger partial charge on any atom is 0.223 e. The predicted molar refractivity (Wildman–Crippen MR) is 94.4 cm³/mol. The summed E-state index contributed by atoms with van der Waals surface area (Å²) >= 11 is 0. The van der Waals surface area contributed by atoms with Gasteiger partial charge in [0.15, 0.2) is 0 Å². The number of rotatable bonds is 6. The van der Waals surface area contributed by atoms with Gasteiger partial charge in [-0.1, -0.05) is 44.2 Å². The van der Waals surface area contributed by atoms with E-state index in [2.05, 4.69) is 54.8 Å². The van der Waals surface area contributed by atoms with E-state index in [0.29, 0.717) is 5.41 Å². The number of carbonyl (C=O) groups is 1. The highest BCUT2D eigenvalue weighted by atomic mass is 16.2. The van der Waals surface area contributed by atoms with Gasteiger partial charge in [-0.15, -0.1) is 0 Å². The smallest absolute Gasteiger partial charge is 0.223 e. The van der Waals surface area contributed by atoms with Crippen molar-refractivity contribution < 1.29 is 4.79 Å². The number of carbonyl (C=O) groups excluding carboxylic acids is 1. The van der Waals surface area contributed by atoms with Crippen LogP contribution in [-0.4, -0.2) is 25.5 Å². The van der Waals surface area contributed by atoms with Gasteiger partial charge < -0.3 is 10.6 Å². The lowest BCUT2D eigenvalue weighted by atomic mass is 9.75. The fourth-order valence-corrected chi connectivity index (χ4v) is 4.38. The van der Waals surface area contributed by atoms with Gasteiger partial charge >= 0.3 is 0 Å². The Morgan fingerprint density at radius 2 is 1.87 bits per heavy atom. The van der Waals surface area contributed by atoms with E-state index in [4.69, 9.17) is 0 Å². The van der Waals surface area contributed by atoms with E-state index >= 15 is 0 Å². The van der Waals surface area contributed by atoms with Crippen molar-refractivity contribution in [1.82, 2.24) is 10.6 Å². The Hall–Kier alpha value is -1.35. The molecule has 1 aliphatic carbocycles. The summed E-state index contributed by atoms with van der Waals surface area (Å²) in [6.07, 6.45) is 5.52. The summed E-state index contributed by atoms with van der Waals surface area (Å²) in [6, 6.07) is 10.7. The SMILES string of the molecule is CCC(CC)(CNC(=O)C1CC12CCNCC2)c1ccccc1. The number of hydrogen-bond acceptors (Lipinski definition) is 2. The maximum absolute atomic E-state index is 12.7. The first-order valence-electron chi connectivity index (χ1n) is 9.20. The summed E-state index contributed by atoms with van der Waals surface area (Å²) < 4.78 is 0. The third kappa shape index (κ3) is 3.16. The Bertz CT molecular complexity index is 530. The van der Waals surface area contributed by atoms with Crippen molar-refractivity contribution in [2.75, 3.05) is 19.6 Å². The summed E-state index contributed by atoms with van der Waals surface area (Å²) in [7, 11) is 0. The molecular formula is C20H30N2O. The fraction of sp³-hybridized carbons (Fsp3) is 0.650. The maximum atomic E-state index is 12.7. The van der Waals surface area contributed by atoms with Crippen LogP contribution in [0.25, 0.3) is 0 Å². The standard InChI is InChI=1S/C20H30N2O/c1-3-19(4-2,16-8-6-5-7-9-16)15-22-18(23)17-14-20(17)10-12-21-13-11-20/h5-9,17,21H,3-4,10-15H2,1-2H3,(H,22,23). The van der Waals surface area contributed by atoms with Crippen molar-refractivity contribution in [2.24, 2.45) is 11.3 Å². The van der Waals surface area contributed by atoms with Gasteiger partial charge in [0.1, 0.15) is 0 Å². The molecule has 0 radical (unpaired) electrons. The zero-order chi connectivity index (χ0) is 16.3. The van der Waals surface area contributed by atoms with E-state index in [1.165, 1.54) is 5.56 Å². The summed E-state index contributed by atoms with van der Waals surface area (Å²) in [5.41, 5.74) is 1.73. The Kier molecular flexibility index (Phi) is 4.77. The van der Waals surface area contributed by atoms with Crippen molar-refractivity contribution in [3.05, 3.63) is 35.9 Å². The van der Waals surface area contributed by atoms with E-state index in [1.54, 1.807) is 0 Å². The lowest BCUT2D eigenvalue weighted by Gasteiger charge is -2.33. The first-order valence-corrected chi connectivity index (χ1v) is 9.20. The average Bonchev–Trinajstić information content (AvgIpc) is 3.30. The minimum absolute atomic E-state index is 0.0626. The Morgan fingerprint density at radius 1 is 1.22 bits per heavy atom. The average molecular weight is 314 g/mol. The van der Waals surface area contributed by atoms with Crippen LogP contribution < -0.4 is 10.6 Å². The van der Waals surface area contributed by atoms with Crippen LogP contribution in [0.1, 0.15) is 51.5 Å². The molecule has 0 bridgehead atoms. The van der Waals surface area contributed by atoms with Crippen LogP contribution in [-0.2, 0) is 10.2 Å². The Labute approximate surface area is 140 Å². The molecule has 1 amide bonds. The number of benzene rings is 1. The van der Waals surface area contributed by atoms with E-state index in [1.807, 2.05) is 0 Å². The number of amides is 1. The van der Waals surface area contributed by atoms with Crippen molar-refractivity contribution in [2.45, 2.75) is 51.4 Å². The van der Waals surface area contributed by atoms with Crippen LogP contribution >= 0.6 is 0 Å². The Balaban J connectivity index is 1.63. The molecule has 2 aliphatic rings. The van der Waals surface area contributed by atoms with Gasteiger partial charge in [-0.05, 0) is 56.2 Å². The number of nitrogens with one attached hydrogen (secondary N) is 2. The molecule has 1 atom stereocenters. The van der Waals surface area contributed by atoms with E-state index in [9.17, 15) is 4.79 Å². The number of hydrogen-bond donors (Lipinski definition) is 2. The third-order valence-corrected chi connectivity index (χ3v) is 6.45. The van der Waals surface area contributed by atoms with E-state index < -0.39 is 0 Å². The summed E-state index contributed by atoms with van der Waals surface area (Å²) in [5, 5.41) is 6.70. The molecule has 23 heavy (non-hydrogen) atoms. The predicted octanol–water partition coefficient (Wildman–Crippen LogP) is 3.25. The largest absolute Gasteiger partial charge is 0.355 e. The van der Waals surface area contributed by atoms with E-state index in [0.717, 1.165) is 51.7 Å². The summed E-state index contributed by atoms with van der Waals surface area (Å²) in [6.45, 7) is 7.36. The molecule has 3 rings (SSSR count). The second kappa shape index (κ2) is 6.64. The van der Waals surface area contributed by atoms with Crippen LogP contribution in [0.15, 0.2) is 30.3 Å². The van der Waals surface area contributed by atoms with Gasteiger partial charge in [-0.25, -0.2) is 0 Å². The first kappa shape index (κ1) is 16.5. The van der Waals surface area contributed by atoms with Gasteiger partial charge in [0.2, 0.25) is 5.91 Å². The molecule has 3 heteroatoms. The van der Waals surface area contributed by atoms with Crippen molar-refractivity contribution in [1.29, 1.82) is 0 Å². The molecule has 1 saturated heterocycles. The monoisotopic (exact) mass is 314 g/mol. The van der Waals surface area contributed by atoms with Gasteiger partial charge in [-0.2, -0.15) is 0 Å². The molecule has 1 saturated carbocycles. The minimum atomic E-state index is 0.0626. The molecule has 0 aromatic heterocycles. The van der Waals surface area contributed by atoms with Crippen molar-refractivity contribution >= 4 is 5.91 Å². The molecule has 1 aromatic carbocycles. The van der Waals surface area contributed by atoms with Gasteiger partial charge in [0.25, 0.3) is 0 Å². The minimum Gasteiger partial charge on any atom is -0.355 e. The number of piperidine rings is 1. The summed E-state index contributed by atoms with van der Waals surface area (Å²) in [5.74, 6) is 0.542. The van der Waals surface area contributed by atoms with Crippen LogP contribution in [0.5, 0.6) is 0 Å². The van der Waals surface area contributed by atoms with Gasteiger partial charge in [0.05, 0.1) is 0 Å². The van der Waals surface area contributed by atoms with Crippen LogP contribution in [0.2, 0.25) is 0 Å². The molecule has 126 valence electrons. The Morgan fingerprint density at radius 3 is 2.48 bits per heavy atom. The highest BCUT2D eigenvalue weighted by Gasteiger charge is 2.57. The lowest BCUT2D eigenvalue weighted by molar-refractivity contribution is -0.123. The molecule has 3 nitrogen and oxygen atoms in total. The van der Waals surface area contributed by atoms with Crippen LogP contribution in [0, 0.1) is 11.3 Å².